The second kappa shape index (κ2) is 9.21. The van der Waals surface area contributed by atoms with Crippen molar-refractivity contribution >= 4 is 23.6 Å². The molecule has 0 spiro atoms. The Balaban J connectivity index is 1.74. The first kappa shape index (κ1) is 23.0. The molecule has 1 unspecified atom stereocenters. The number of carbonyl (C=O) groups excluding carboxylic acids is 3. The van der Waals surface area contributed by atoms with Crippen LogP contribution in [0.4, 0.5) is 0 Å². The summed E-state index contributed by atoms with van der Waals surface area (Å²) in [5.74, 6) is -3.42. The first-order chi connectivity index (χ1) is 15.1. The summed E-state index contributed by atoms with van der Waals surface area (Å²) in [5.41, 5.74) is 1.03. The van der Waals surface area contributed by atoms with Crippen molar-refractivity contribution < 1.29 is 29.0 Å². The van der Waals surface area contributed by atoms with E-state index in [0.717, 1.165) is 16.9 Å². The third kappa shape index (κ3) is 5.14. The molecule has 168 valence electrons. The Labute approximate surface area is 186 Å². The molecule has 0 aliphatic carbocycles. The summed E-state index contributed by atoms with van der Waals surface area (Å²) in [6, 6.07) is 14.9. The van der Waals surface area contributed by atoms with Gasteiger partial charge in [0, 0.05) is 18.5 Å². The SMILES string of the molecule is Cc1ccccc1Oc1ccc(CN2C(=O)C(C(=O)NCC(=O)O)C(=O)CC2(C)C)cc1. The van der Waals surface area contributed by atoms with Gasteiger partial charge in [0.05, 0.1) is 0 Å². The second-order valence-corrected chi connectivity index (χ2v) is 8.44. The molecule has 0 saturated carbocycles. The quantitative estimate of drug-likeness (QED) is 0.643. The second-order valence-electron chi connectivity index (χ2n) is 8.44. The number of aryl methyl sites for hydroxylation is 1. The van der Waals surface area contributed by atoms with Gasteiger partial charge < -0.3 is 20.1 Å². The van der Waals surface area contributed by atoms with Gasteiger partial charge in [0.15, 0.2) is 11.7 Å². The van der Waals surface area contributed by atoms with Crippen molar-refractivity contribution in [3.63, 3.8) is 0 Å². The predicted octanol–water partition coefficient (Wildman–Crippen LogP) is 2.68. The Morgan fingerprint density at radius 3 is 2.41 bits per heavy atom. The van der Waals surface area contributed by atoms with Gasteiger partial charge in [-0.25, -0.2) is 0 Å². The maximum atomic E-state index is 13.1. The van der Waals surface area contributed by atoms with Crippen LogP contribution >= 0.6 is 0 Å². The Morgan fingerprint density at radius 2 is 1.78 bits per heavy atom. The van der Waals surface area contributed by atoms with Crippen molar-refractivity contribution in [2.75, 3.05) is 6.54 Å². The minimum absolute atomic E-state index is 0.00161. The summed E-state index contributed by atoms with van der Waals surface area (Å²) in [7, 11) is 0. The number of piperidine rings is 1. The number of carboxylic acids is 1. The molecule has 1 atom stereocenters. The molecule has 2 amide bonds. The van der Waals surface area contributed by atoms with Crippen molar-refractivity contribution in [3.8, 4) is 11.5 Å². The molecule has 3 rings (SSSR count). The van der Waals surface area contributed by atoms with Crippen LogP contribution in [0.25, 0.3) is 0 Å². The van der Waals surface area contributed by atoms with Crippen LogP contribution in [0.15, 0.2) is 48.5 Å². The van der Waals surface area contributed by atoms with Gasteiger partial charge >= 0.3 is 5.97 Å². The highest BCUT2D eigenvalue weighted by molar-refractivity contribution is 6.20. The lowest BCUT2D eigenvalue weighted by atomic mass is 9.82. The normalized spacial score (nSPS) is 17.7. The van der Waals surface area contributed by atoms with Crippen LogP contribution in [0.2, 0.25) is 0 Å². The number of carbonyl (C=O) groups is 4. The number of likely N-dealkylation sites (tertiary alicyclic amines) is 1. The van der Waals surface area contributed by atoms with Crippen LogP contribution in [0.3, 0.4) is 0 Å². The molecule has 0 radical (unpaired) electrons. The first-order valence-corrected chi connectivity index (χ1v) is 10.2. The number of nitrogens with one attached hydrogen (secondary N) is 1. The molecule has 1 aliphatic rings. The zero-order chi connectivity index (χ0) is 23.5. The molecule has 1 aliphatic heterocycles. The number of ketones is 1. The maximum Gasteiger partial charge on any atom is 0.322 e. The van der Waals surface area contributed by atoms with Crippen molar-refractivity contribution in [1.82, 2.24) is 10.2 Å². The van der Waals surface area contributed by atoms with E-state index in [2.05, 4.69) is 5.32 Å². The zero-order valence-electron chi connectivity index (χ0n) is 18.3. The largest absolute Gasteiger partial charge is 0.480 e. The van der Waals surface area contributed by atoms with Gasteiger partial charge in [-0.3, -0.25) is 19.2 Å². The molecular weight excluding hydrogens is 412 g/mol. The fourth-order valence-electron chi connectivity index (χ4n) is 3.67. The van der Waals surface area contributed by atoms with Gasteiger partial charge in [-0.05, 0) is 50.1 Å². The third-order valence-corrected chi connectivity index (χ3v) is 5.43. The van der Waals surface area contributed by atoms with E-state index in [-0.39, 0.29) is 13.0 Å². The number of carboxylic acid groups (broad SMARTS) is 1. The standard InChI is InChI=1S/C24H26N2O6/c1-15-6-4-5-7-19(15)32-17-10-8-16(9-11-17)14-26-23(31)21(18(27)12-24(26,2)3)22(30)25-13-20(28)29/h4-11,21H,12-14H2,1-3H3,(H,25,30)(H,28,29). The highest BCUT2D eigenvalue weighted by atomic mass is 16.5. The van der Waals surface area contributed by atoms with Crippen LogP contribution in [0, 0.1) is 12.8 Å². The van der Waals surface area contributed by atoms with Crippen molar-refractivity contribution in [3.05, 3.63) is 59.7 Å². The third-order valence-electron chi connectivity index (χ3n) is 5.43. The number of nitrogens with zero attached hydrogens (tertiary/aromatic N) is 1. The lowest BCUT2D eigenvalue weighted by Gasteiger charge is -2.44. The molecule has 2 aromatic rings. The number of hydrogen-bond acceptors (Lipinski definition) is 5. The van der Waals surface area contributed by atoms with Crippen molar-refractivity contribution in [2.45, 2.75) is 39.3 Å². The molecule has 32 heavy (non-hydrogen) atoms. The van der Waals surface area contributed by atoms with E-state index in [1.54, 1.807) is 26.0 Å². The number of ether oxygens (including phenoxy) is 1. The summed E-state index contributed by atoms with van der Waals surface area (Å²) >= 11 is 0. The Kier molecular flexibility index (Phi) is 6.62. The first-order valence-electron chi connectivity index (χ1n) is 10.2. The van der Waals surface area contributed by atoms with E-state index >= 15 is 0 Å². The number of hydrogen-bond donors (Lipinski definition) is 2. The molecular formula is C24H26N2O6. The molecule has 2 aromatic carbocycles. The summed E-state index contributed by atoms with van der Waals surface area (Å²) in [6.07, 6.45) is -0.00161. The van der Waals surface area contributed by atoms with E-state index < -0.39 is 41.6 Å². The van der Waals surface area contributed by atoms with Gasteiger partial charge in [-0.2, -0.15) is 0 Å². The fourth-order valence-corrected chi connectivity index (χ4v) is 3.67. The van der Waals surface area contributed by atoms with Crippen molar-refractivity contribution in [1.29, 1.82) is 0 Å². The topological polar surface area (TPSA) is 113 Å². The van der Waals surface area contributed by atoms with Gasteiger partial charge in [0.1, 0.15) is 18.0 Å². The average Bonchev–Trinajstić information content (AvgIpc) is 2.72. The highest BCUT2D eigenvalue weighted by Gasteiger charge is 2.48. The number of Topliss-reactive ketones (excluding diaryl/α,β-unsaturated/α-hetero) is 1. The lowest BCUT2D eigenvalue weighted by molar-refractivity contribution is -0.158. The molecule has 1 fully saturated rings. The van der Waals surface area contributed by atoms with E-state index in [9.17, 15) is 19.2 Å². The molecule has 8 heteroatoms. The molecule has 1 heterocycles. The summed E-state index contributed by atoms with van der Waals surface area (Å²) < 4.78 is 5.90. The van der Waals surface area contributed by atoms with E-state index in [1.165, 1.54) is 4.90 Å². The van der Waals surface area contributed by atoms with Crippen LogP contribution in [-0.2, 0) is 25.7 Å². The van der Waals surface area contributed by atoms with Crippen LogP contribution in [0.5, 0.6) is 11.5 Å². The van der Waals surface area contributed by atoms with E-state index in [0.29, 0.717) is 5.75 Å². The number of rotatable bonds is 7. The molecule has 0 bridgehead atoms. The fraction of sp³-hybridized carbons (Fsp3) is 0.333. The summed E-state index contributed by atoms with van der Waals surface area (Å²) in [4.78, 5) is 50.1. The monoisotopic (exact) mass is 438 g/mol. The summed E-state index contributed by atoms with van der Waals surface area (Å²) in [5, 5.41) is 10.9. The maximum absolute atomic E-state index is 13.1. The molecule has 8 nitrogen and oxygen atoms in total. The smallest absolute Gasteiger partial charge is 0.322 e. The number of benzene rings is 2. The molecule has 0 aromatic heterocycles. The van der Waals surface area contributed by atoms with Crippen LogP contribution in [-0.4, -0.2) is 45.7 Å². The minimum Gasteiger partial charge on any atom is -0.480 e. The van der Waals surface area contributed by atoms with E-state index in [1.807, 2.05) is 43.3 Å². The number of para-hydroxylation sites is 1. The lowest BCUT2D eigenvalue weighted by Crippen LogP contribution is -2.60. The summed E-state index contributed by atoms with van der Waals surface area (Å²) in [6.45, 7) is 5.04. The van der Waals surface area contributed by atoms with Gasteiger partial charge in [-0.15, -0.1) is 0 Å². The Hall–Kier alpha value is -3.68. The van der Waals surface area contributed by atoms with Gasteiger partial charge in [0.25, 0.3) is 0 Å². The van der Waals surface area contributed by atoms with Gasteiger partial charge in [0.2, 0.25) is 11.8 Å². The highest BCUT2D eigenvalue weighted by Crippen LogP contribution is 2.32. The zero-order valence-corrected chi connectivity index (χ0v) is 18.3. The minimum atomic E-state index is -1.54. The number of aliphatic carboxylic acids is 1. The average molecular weight is 438 g/mol. The van der Waals surface area contributed by atoms with Crippen LogP contribution < -0.4 is 10.1 Å². The Bertz CT molecular complexity index is 1040. The molecule has 2 N–H and O–H groups in total. The van der Waals surface area contributed by atoms with Crippen LogP contribution in [0.1, 0.15) is 31.4 Å². The predicted molar refractivity (Wildman–Crippen MR) is 116 cm³/mol. The van der Waals surface area contributed by atoms with Gasteiger partial charge in [-0.1, -0.05) is 30.3 Å². The van der Waals surface area contributed by atoms with E-state index in [4.69, 9.17) is 9.84 Å². The van der Waals surface area contributed by atoms with Crippen molar-refractivity contribution in [2.24, 2.45) is 5.92 Å². The number of amides is 2. The Morgan fingerprint density at radius 1 is 1.12 bits per heavy atom. The molecule has 1 saturated heterocycles.